The molecular weight excluding hydrogens is 626 g/mol. The molecule has 5 heterocycles. The Kier molecular flexibility index (Phi) is 10.2. The zero-order valence-corrected chi connectivity index (χ0v) is 30.4. The molecule has 0 fully saturated rings. The minimum Gasteiger partial charge on any atom is -0.474 e. The van der Waals surface area contributed by atoms with Gasteiger partial charge in [0.1, 0.15) is 29.3 Å². The highest BCUT2D eigenvalue weighted by molar-refractivity contribution is 5.92. The van der Waals surface area contributed by atoms with Gasteiger partial charge in [0.2, 0.25) is 11.8 Å². The molecule has 0 saturated carbocycles. The maximum absolute atomic E-state index is 13.1. The number of nitrogens with zero attached hydrogens (tertiary/aromatic N) is 8. The Labute approximate surface area is 288 Å². The molecule has 0 atom stereocenters. The number of fused-ring (bicyclic) bond motifs is 2. The van der Waals surface area contributed by atoms with Crippen molar-refractivity contribution in [1.29, 1.82) is 0 Å². The second kappa shape index (κ2) is 14.0. The van der Waals surface area contributed by atoms with E-state index in [-0.39, 0.29) is 0 Å². The minimum atomic E-state index is -0.633. The summed E-state index contributed by atoms with van der Waals surface area (Å²) in [7, 11) is 3.91. The second-order valence-electron chi connectivity index (χ2n) is 14.7. The Balaban J connectivity index is 1.34. The first-order valence-corrected chi connectivity index (χ1v) is 16.6. The summed E-state index contributed by atoms with van der Waals surface area (Å²) in [5, 5.41) is 3.29. The first-order valence-electron chi connectivity index (χ1n) is 16.6. The number of rotatable bonds is 7. The fourth-order valence-electron chi connectivity index (χ4n) is 5.66. The van der Waals surface area contributed by atoms with E-state index in [0.717, 1.165) is 41.0 Å². The van der Waals surface area contributed by atoms with E-state index in [1.807, 2.05) is 86.6 Å². The van der Waals surface area contributed by atoms with Crippen LogP contribution in [-0.2, 0) is 22.4 Å². The second-order valence-corrected chi connectivity index (χ2v) is 14.7. The van der Waals surface area contributed by atoms with E-state index in [4.69, 9.17) is 19.2 Å². The lowest BCUT2D eigenvalue weighted by Crippen LogP contribution is -2.42. The summed E-state index contributed by atoms with van der Waals surface area (Å²) in [6.45, 7) is 18.1. The molecule has 49 heavy (non-hydrogen) atoms. The van der Waals surface area contributed by atoms with Gasteiger partial charge in [-0.2, -0.15) is 0 Å². The number of aryl methyl sites for hydroxylation is 1. The van der Waals surface area contributed by atoms with Crippen LogP contribution in [0.1, 0.15) is 63.9 Å². The van der Waals surface area contributed by atoms with E-state index in [2.05, 4.69) is 25.2 Å². The molecule has 2 aliphatic heterocycles. The topological polar surface area (TPSA) is 138 Å². The number of likely N-dealkylation sites (N-methyl/N-ethyl adjacent to an activating group) is 1. The van der Waals surface area contributed by atoms with E-state index in [1.54, 1.807) is 22.2 Å². The Morgan fingerprint density at radius 2 is 1.69 bits per heavy atom. The largest absolute Gasteiger partial charge is 0.474 e. The van der Waals surface area contributed by atoms with Gasteiger partial charge in [-0.1, -0.05) is 0 Å². The summed E-state index contributed by atoms with van der Waals surface area (Å²) in [5.41, 5.74) is 4.62. The van der Waals surface area contributed by atoms with Crippen LogP contribution >= 0.6 is 0 Å². The predicted molar refractivity (Wildman–Crippen MR) is 189 cm³/mol. The SMILES string of the molecule is Cc1cc(Nc2ncc3c(n2)CN(c2cnc4c(c2C)N(C(=O)OC(C)(C)C)CCO4)CC3)cnc1N(CCN(C)C)C(=O)OC(C)(C)C. The Morgan fingerprint density at radius 1 is 0.959 bits per heavy atom. The number of aromatic nitrogens is 4. The van der Waals surface area contributed by atoms with E-state index in [9.17, 15) is 9.59 Å². The van der Waals surface area contributed by atoms with Crippen LogP contribution < -0.4 is 24.8 Å². The average molecular weight is 676 g/mol. The number of anilines is 5. The number of carbonyl (C=O) groups excluding carboxylic acids is 2. The van der Waals surface area contributed by atoms with Gasteiger partial charge in [-0.3, -0.25) is 9.80 Å². The summed E-state index contributed by atoms with van der Waals surface area (Å²) in [4.78, 5) is 52.4. The number of hydrogen-bond acceptors (Lipinski definition) is 12. The van der Waals surface area contributed by atoms with Gasteiger partial charge in [-0.25, -0.2) is 29.5 Å². The smallest absolute Gasteiger partial charge is 0.416 e. The third kappa shape index (κ3) is 8.66. The molecule has 0 bridgehead atoms. The molecule has 3 aromatic heterocycles. The maximum Gasteiger partial charge on any atom is 0.416 e. The number of hydrogen-bond donors (Lipinski definition) is 1. The highest BCUT2D eigenvalue weighted by atomic mass is 16.6. The van der Waals surface area contributed by atoms with Gasteiger partial charge >= 0.3 is 12.2 Å². The van der Waals surface area contributed by atoms with Crippen molar-refractivity contribution in [2.75, 3.05) is 66.9 Å². The average Bonchev–Trinajstić information content (AvgIpc) is 3.00. The van der Waals surface area contributed by atoms with Gasteiger partial charge in [-0.05, 0) is 93.1 Å². The van der Waals surface area contributed by atoms with Crippen LogP contribution in [-0.4, -0.2) is 95.1 Å². The van der Waals surface area contributed by atoms with Gasteiger partial charge in [0.15, 0.2) is 0 Å². The van der Waals surface area contributed by atoms with Crippen molar-refractivity contribution in [1.82, 2.24) is 24.8 Å². The molecule has 0 unspecified atom stereocenters. The van der Waals surface area contributed by atoms with E-state index < -0.39 is 23.4 Å². The Bertz CT molecular complexity index is 1700. The Morgan fingerprint density at radius 3 is 2.37 bits per heavy atom. The summed E-state index contributed by atoms with van der Waals surface area (Å²) in [5.74, 6) is 1.40. The summed E-state index contributed by atoms with van der Waals surface area (Å²) in [6.07, 6.45) is 5.22. The lowest BCUT2D eigenvalue weighted by molar-refractivity contribution is 0.0560. The zero-order chi connectivity index (χ0) is 35.7. The molecule has 0 spiro atoms. The molecule has 2 amide bonds. The van der Waals surface area contributed by atoms with Gasteiger partial charge in [0.05, 0.1) is 42.6 Å². The molecule has 5 rings (SSSR count). The normalized spacial score (nSPS) is 14.5. The van der Waals surface area contributed by atoms with Crippen molar-refractivity contribution >= 4 is 41.0 Å². The Hall–Kier alpha value is -4.72. The molecule has 14 nitrogen and oxygen atoms in total. The van der Waals surface area contributed by atoms with Crippen LogP contribution in [0, 0.1) is 13.8 Å². The molecule has 0 radical (unpaired) electrons. The van der Waals surface area contributed by atoms with Crippen LogP contribution in [0.15, 0.2) is 24.7 Å². The summed E-state index contributed by atoms with van der Waals surface area (Å²) in [6, 6.07) is 1.92. The summed E-state index contributed by atoms with van der Waals surface area (Å²) >= 11 is 0. The minimum absolute atomic E-state index is 0.345. The van der Waals surface area contributed by atoms with Crippen LogP contribution in [0.2, 0.25) is 0 Å². The van der Waals surface area contributed by atoms with Crippen LogP contribution in [0.4, 0.5) is 38.4 Å². The number of carbonyl (C=O) groups is 2. The van der Waals surface area contributed by atoms with E-state index in [0.29, 0.717) is 61.8 Å². The third-order valence-electron chi connectivity index (χ3n) is 7.92. The molecule has 14 heteroatoms. The standard InChI is InChI=1S/C35H49N9O5/c1-22-17-25(19-36-29(22)44(14-13-41(9)10)33(46)49-35(6,7)8)39-31-38-18-24-11-12-42(21-26(24)40-31)27-20-37-30-28(23(27)2)43(15-16-47-30)32(45)48-34(3,4)5/h17-20H,11-16,21H2,1-10H3,(H,38,39,40). The molecule has 3 aromatic rings. The number of nitrogens with one attached hydrogen (secondary N) is 1. The van der Waals surface area contributed by atoms with Crippen molar-refractivity contribution in [3.8, 4) is 5.88 Å². The van der Waals surface area contributed by atoms with Crippen molar-refractivity contribution in [3.63, 3.8) is 0 Å². The van der Waals surface area contributed by atoms with Crippen LogP contribution in [0.5, 0.6) is 5.88 Å². The fourth-order valence-corrected chi connectivity index (χ4v) is 5.66. The highest BCUT2D eigenvalue weighted by Gasteiger charge is 2.33. The van der Waals surface area contributed by atoms with Crippen LogP contribution in [0.3, 0.4) is 0 Å². The van der Waals surface area contributed by atoms with Gasteiger partial charge < -0.3 is 29.3 Å². The predicted octanol–water partition coefficient (Wildman–Crippen LogP) is 5.63. The zero-order valence-electron chi connectivity index (χ0n) is 30.4. The molecule has 264 valence electrons. The lowest BCUT2D eigenvalue weighted by atomic mass is 10.0. The molecule has 2 aliphatic rings. The van der Waals surface area contributed by atoms with E-state index in [1.165, 1.54) is 0 Å². The van der Waals surface area contributed by atoms with Gasteiger partial charge in [-0.15, -0.1) is 0 Å². The number of pyridine rings is 2. The molecule has 0 aromatic carbocycles. The fraction of sp³-hybridized carbons (Fsp3) is 0.543. The first-order chi connectivity index (χ1) is 23.0. The third-order valence-corrected chi connectivity index (χ3v) is 7.92. The van der Waals surface area contributed by atoms with Crippen LogP contribution in [0.25, 0.3) is 0 Å². The van der Waals surface area contributed by atoms with E-state index >= 15 is 0 Å². The van der Waals surface area contributed by atoms with Crippen molar-refractivity contribution in [3.05, 3.63) is 47.0 Å². The quantitative estimate of drug-likeness (QED) is 0.332. The molecule has 0 aliphatic carbocycles. The van der Waals surface area contributed by atoms with Crippen molar-refractivity contribution < 1.29 is 23.8 Å². The molecule has 0 saturated heterocycles. The molecular formula is C35H49N9O5. The lowest BCUT2D eigenvalue weighted by Gasteiger charge is -2.35. The van der Waals surface area contributed by atoms with Gasteiger partial charge in [0, 0.05) is 31.4 Å². The number of amides is 2. The monoisotopic (exact) mass is 675 g/mol. The highest BCUT2D eigenvalue weighted by Crippen LogP contribution is 2.40. The van der Waals surface area contributed by atoms with Crippen molar-refractivity contribution in [2.24, 2.45) is 0 Å². The number of ether oxygens (including phenoxy) is 3. The summed E-state index contributed by atoms with van der Waals surface area (Å²) < 4.78 is 17.2. The van der Waals surface area contributed by atoms with Gasteiger partial charge in [0.25, 0.3) is 0 Å². The first kappa shape index (κ1) is 35.6. The maximum atomic E-state index is 13.1. The van der Waals surface area contributed by atoms with Crippen molar-refractivity contribution in [2.45, 2.75) is 79.6 Å². The molecule has 1 N–H and O–H groups in total.